The van der Waals surface area contributed by atoms with Crippen molar-refractivity contribution in [1.82, 2.24) is 5.32 Å². The first kappa shape index (κ1) is 36.8. The predicted octanol–water partition coefficient (Wildman–Crippen LogP) is 7.55. The molecule has 0 aliphatic carbocycles. The van der Waals surface area contributed by atoms with Gasteiger partial charge >= 0.3 is 0 Å². The first-order chi connectivity index (χ1) is 18.3. The van der Waals surface area contributed by atoms with E-state index in [4.69, 9.17) is 24.7 Å². The Balaban J connectivity index is 3.61. The highest BCUT2D eigenvalue weighted by atomic mass is 16.5. The zero-order valence-electron chi connectivity index (χ0n) is 28.0. The predicted molar refractivity (Wildman–Crippen MR) is 165 cm³/mol. The van der Waals surface area contributed by atoms with Crippen molar-refractivity contribution in [1.29, 1.82) is 0 Å². The molecule has 39 heavy (non-hydrogen) atoms. The number of piperidine rings is 1. The third-order valence-electron chi connectivity index (χ3n) is 9.09. The van der Waals surface area contributed by atoms with Crippen molar-refractivity contribution in [2.75, 3.05) is 0 Å². The minimum Gasteiger partial charge on any atom is -0.374 e. The Bertz CT molecular complexity index is 555. The van der Waals surface area contributed by atoms with E-state index in [1.54, 1.807) is 0 Å². The lowest BCUT2D eigenvalue weighted by Gasteiger charge is -2.59. The normalized spacial score (nSPS) is 30.2. The van der Waals surface area contributed by atoms with Crippen molar-refractivity contribution in [3.63, 3.8) is 0 Å². The minimum absolute atomic E-state index is 0.0358. The van der Waals surface area contributed by atoms with Crippen molar-refractivity contribution in [3.05, 3.63) is 0 Å². The zero-order valence-corrected chi connectivity index (χ0v) is 28.0. The molecule has 1 heterocycles. The monoisotopic (exact) mass is 557 g/mol. The maximum absolute atomic E-state index is 7.03. The molecule has 1 aliphatic heterocycles. The van der Waals surface area contributed by atoms with Crippen LogP contribution in [0.1, 0.15) is 147 Å². The first-order valence-corrected chi connectivity index (χ1v) is 16.5. The second-order valence-electron chi connectivity index (χ2n) is 12.9. The number of nitrogens with one attached hydrogen (secondary N) is 1. The summed E-state index contributed by atoms with van der Waals surface area (Å²) in [6.45, 7) is 26.4. The molecule has 0 aromatic rings. The molecule has 1 rings (SSSR count). The molecule has 0 aromatic carbocycles. The summed E-state index contributed by atoms with van der Waals surface area (Å²) in [6, 6.07) is -0.0358. The van der Waals surface area contributed by atoms with Crippen LogP contribution < -0.4 is 11.1 Å². The highest BCUT2D eigenvalue weighted by Gasteiger charge is 2.58. The lowest BCUT2D eigenvalue weighted by molar-refractivity contribution is -0.187. The second-order valence-corrected chi connectivity index (χ2v) is 12.9. The van der Waals surface area contributed by atoms with Gasteiger partial charge in [0, 0.05) is 6.04 Å². The highest BCUT2D eigenvalue weighted by molar-refractivity contribution is 5.16. The number of ether oxygens (including phenoxy) is 4. The summed E-state index contributed by atoms with van der Waals surface area (Å²) >= 11 is 0. The summed E-state index contributed by atoms with van der Waals surface area (Å²) < 4.78 is 27.0. The van der Waals surface area contributed by atoms with Gasteiger partial charge in [-0.2, -0.15) is 0 Å². The van der Waals surface area contributed by atoms with E-state index in [2.05, 4.69) is 88.4 Å². The number of rotatable bonds is 20. The minimum atomic E-state index is -0.487. The summed E-state index contributed by atoms with van der Waals surface area (Å²) in [5, 5.41) is 4.22. The summed E-state index contributed by atoms with van der Waals surface area (Å²) in [7, 11) is 0. The van der Waals surface area contributed by atoms with Crippen LogP contribution in [0.3, 0.4) is 0 Å². The molecule has 1 saturated heterocycles. The van der Waals surface area contributed by atoms with Gasteiger partial charge in [-0.1, -0.05) is 53.4 Å². The van der Waals surface area contributed by atoms with Crippen molar-refractivity contribution in [3.8, 4) is 0 Å². The molecule has 8 unspecified atom stereocenters. The van der Waals surface area contributed by atoms with Crippen molar-refractivity contribution >= 4 is 0 Å². The molecule has 3 N–H and O–H groups in total. The zero-order chi connectivity index (χ0) is 29.8. The van der Waals surface area contributed by atoms with Gasteiger partial charge in [0.05, 0.1) is 59.9 Å². The van der Waals surface area contributed by atoms with Gasteiger partial charge in [-0.05, 0) is 93.9 Å². The van der Waals surface area contributed by atoms with E-state index in [-0.39, 0.29) is 54.9 Å². The van der Waals surface area contributed by atoms with Gasteiger partial charge < -0.3 is 24.7 Å². The highest BCUT2D eigenvalue weighted by Crippen LogP contribution is 2.42. The number of hydrogen-bond acceptors (Lipinski definition) is 6. The van der Waals surface area contributed by atoms with E-state index in [1.807, 2.05) is 0 Å². The Labute approximate surface area is 243 Å². The summed E-state index contributed by atoms with van der Waals surface area (Å²) in [5.41, 5.74) is 6.06. The van der Waals surface area contributed by atoms with Gasteiger partial charge in [0.15, 0.2) is 0 Å². The molecular weight excluding hydrogens is 488 g/mol. The van der Waals surface area contributed by atoms with Gasteiger partial charge in [-0.3, -0.25) is 5.32 Å². The Morgan fingerprint density at radius 2 is 0.769 bits per heavy atom. The van der Waals surface area contributed by atoms with Crippen LogP contribution in [0.5, 0.6) is 0 Å². The van der Waals surface area contributed by atoms with Crippen LogP contribution in [0.4, 0.5) is 0 Å². The van der Waals surface area contributed by atoms with Crippen LogP contribution in [-0.2, 0) is 18.9 Å². The van der Waals surface area contributed by atoms with Gasteiger partial charge in [-0.25, -0.2) is 0 Å². The molecule has 0 amide bonds. The van der Waals surface area contributed by atoms with E-state index in [0.717, 1.165) is 64.2 Å². The molecule has 0 spiro atoms. The standard InChI is InChI=1S/C33H68N2O4/c1-13-17-23(5)36-27(9)32(28(10)37-24(6)18-14-2)21-31(34)22-33(35-32,29(11)38-25(7)19-15-3)30(12)39-26(8)20-16-4/h23-31,35H,13-22,34H2,1-12H3. The van der Waals surface area contributed by atoms with Crippen LogP contribution in [0.2, 0.25) is 0 Å². The largest absolute Gasteiger partial charge is 0.374 e. The Kier molecular flexibility index (Phi) is 16.7. The maximum atomic E-state index is 7.03. The van der Waals surface area contributed by atoms with E-state index >= 15 is 0 Å². The fourth-order valence-electron chi connectivity index (χ4n) is 6.98. The quantitative estimate of drug-likeness (QED) is 0.161. The average Bonchev–Trinajstić information content (AvgIpc) is 2.83. The van der Waals surface area contributed by atoms with Crippen LogP contribution in [-0.4, -0.2) is 66.0 Å². The summed E-state index contributed by atoms with van der Waals surface area (Å²) in [4.78, 5) is 0. The fraction of sp³-hybridized carbons (Fsp3) is 1.00. The molecule has 234 valence electrons. The molecule has 6 heteroatoms. The summed E-state index contributed by atoms with van der Waals surface area (Å²) in [5.74, 6) is 0. The molecular formula is C33H68N2O4. The van der Waals surface area contributed by atoms with Gasteiger partial charge in [0.2, 0.25) is 0 Å². The average molecular weight is 557 g/mol. The number of hydrogen-bond donors (Lipinski definition) is 2. The second kappa shape index (κ2) is 17.7. The van der Waals surface area contributed by atoms with Crippen molar-refractivity contribution in [2.24, 2.45) is 5.73 Å². The first-order valence-electron chi connectivity index (χ1n) is 16.5. The Morgan fingerprint density at radius 3 is 0.974 bits per heavy atom. The molecule has 0 radical (unpaired) electrons. The third-order valence-corrected chi connectivity index (χ3v) is 9.09. The van der Waals surface area contributed by atoms with Gasteiger partial charge in [0.25, 0.3) is 0 Å². The number of nitrogens with two attached hydrogens (primary N) is 1. The van der Waals surface area contributed by atoms with Crippen LogP contribution >= 0.6 is 0 Å². The fourth-order valence-corrected chi connectivity index (χ4v) is 6.98. The van der Waals surface area contributed by atoms with E-state index in [0.29, 0.717) is 0 Å². The van der Waals surface area contributed by atoms with Crippen molar-refractivity contribution < 1.29 is 18.9 Å². The smallest absolute Gasteiger partial charge is 0.0758 e. The van der Waals surface area contributed by atoms with E-state index < -0.39 is 11.1 Å². The molecule has 6 nitrogen and oxygen atoms in total. The van der Waals surface area contributed by atoms with E-state index in [9.17, 15) is 0 Å². The lowest BCUT2D eigenvalue weighted by atomic mass is 9.67. The van der Waals surface area contributed by atoms with Gasteiger partial charge in [-0.15, -0.1) is 0 Å². The third kappa shape index (κ3) is 10.5. The van der Waals surface area contributed by atoms with Gasteiger partial charge in [0.1, 0.15) is 0 Å². The molecule has 0 aromatic heterocycles. The van der Waals surface area contributed by atoms with Crippen molar-refractivity contribution in [2.45, 2.75) is 213 Å². The molecule has 0 saturated carbocycles. The van der Waals surface area contributed by atoms with Crippen LogP contribution in [0, 0.1) is 0 Å². The molecule has 0 bridgehead atoms. The van der Waals surface area contributed by atoms with Crippen LogP contribution in [0.25, 0.3) is 0 Å². The molecule has 8 atom stereocenters. The topological polar surface area (TPSA) is 75.0 Å². The Hall–Kier alpha value is -0.240. The summed E-state index contributed by atoms with van der Waals surface area (Å²) in [6.07, 6.45) is 10.3. The van der Waals surface area contributed by atoms with Crippen LogP contribution in [0.15, 0.2) is 0 Å². The molecule has 1 fully saturated rings. The maximum Gasteiger partial charge on any atom is 0.0758 e. The van der Waals surface area contributed by atoms with E-state index in [1.165, 1.54) is 0 Å². The molecule has 1 aliphatic rings. The lowest BCUT2D eigenvalue weighted by Crippen LogP contribution is -2.79. The SMILES string of the molecule is CCCC(C)OC(C)C1(C(C)OC(C)CCC)CC(N)CC(C(C)OC(C)CCC)(C(C)OC(C)CCC)N1. The Morgan fingerprint density at radius 1 is 0.538 bits per heavy atom.